The van der Waals surface area contributed by atoms with Crippen LogP contribution in [0.2, 0.25) is 0 Å². The molecule has 0 radical (unpaired) electrons. The van der Waals surface area contributed by atoms with Crippen molar-refractivity contribution >= 4 is 12.0 Å². The fraction of sp³-hybridized carbons (Fsp3) is 0.238. The minimum absolute atomic E-state index is 0.266. The smallest absolute Gasteiger partial charge is 0.338 e. The molecule has 1 aliphatic heterocycles. The number of rotatable bonds is 7. The van der Waals surface area contributed by atoms with Crippen molar-refractivity contribution in [2.24, 2.45) is 0 Å². The van der Waals surface area contributed by atoms with Crippen molar-refractivity contribution < 1.29 is 14.3 Å². The Morgan fingerprint density at radius 2 is 1.70 bits per heavy atom. The first-order chi connectivity index (χ1) is 13.2. The van der Waals surface area contributed by atoms with Gasteiger partial charge in [0.2, 0.25) is 0 Å². The predicted octanol–water partition coefficient (Wildman–Crippen LogP) is 2.65. The van der Waals surface area contributed by atoms with Crippen LogP contribution < -0.4 is 16.0 Å². The van der Waals surface area contributed by atoms with E-state index < -0.39 is 12.0 Å². The number of carbonyl (C=O) groups excluding carboxylic acids is 2. The van der Waals surface area contributed by atoms with E-state index in [0.717, 1.165) is 11.1 Å². The standard InChI is InChI=1S/C21H23N3O3/c1-2-27-20(25)18-17(14-22-13-15-9-5-3-6-10-15)23-21(26)24-19(18)16-11-7-4-8-12-16/h3-12,19,22H,2,13-14H2,1H3,(H2,23,24,26)/t19-/m0/s1. The highest BCUT2D eigenvalue weighted by atomic mass is 16.5. The lowest BCUT2D eigenvalue weighted by atomic mass is 9.95. The van der Waals surface area contributed by atoms with Crippen molar-refractivity contribution in [1.82, 2.24) is 16.0 Å². The average Bonchev–Trinajstić information content (AvgIpc) is 2.69. The van der Waals surface area contributed by atoms with Crippen LogP contribution in [-0.4, -0.2) is 25.2 Å². The van der Waals surface area contributed by atoms with Gasteiger partial charge in [-0.25, -0.2) is 9.59 Å². The third-order valence-corrected chi connectivity index (χ3v) is 4.26. The largest absolute Gasteiger partial charge is 0.463 e. The predicted molar refractivity (Wildman–Crippen MR) is 103 cm³/mol. The van der Waals surface area contributed by atoms with Gasteiger partial charge in [-0.2, -0.15) is 0 Å². The van der Waals surface area contributed by atoms with Gasteiger partial charge in [0.05, 0.1) is 18.2 Å². The monoisotopic (exact) mass is 365 g/mol. The summed E-state index contributed by atoms with van der Waals surface area (Å²) < 4.78 is 5.25. The lowest BCUT2D eigenvalue weighted by Gasteiger charge is -2.29. The maximum absolute atomic E-state index is 12.6. The zero-order chi connectivity index (χ0) is 19.1. The summed E-state index contributed by atoms with van der Waals surface area (Å²) in [6.07, 6.45) is 0. The van der Waals surface area contributed by atoms with Crippen LogP contribution in [0.5, 0.6) is 0 Å². The number of urea groups is 1. The highest BCUT2D eigenvalue weighted by molar-refractivity contribution is 5.95. The molecule has 6 heteroatoms. The average molecular weight is 365 g/mol. The summed E-state index contributed by atoms with van der Waals surface area (Å²) in [5, 5.41) is 8.86. The van der Waals surface area contributed by atoms with E-state index >= 15 is 0 Å². The first-order valence-corrected chi connectivity index (χ1v) is 8.96. The molecule has 1 aliphatic rings. The SMILES string of the molecule is CCOC(=O)C1=C(CNCc2ccccc2)NC(=O)N[C@H]1c1ccccc1. The van der Waals surface area contributed by atoms with Gasteiger partial charge < -0.3 is 20.7 Å². The second kappa shape index (κ2) is 9.00. The minimum Gasteiger partial charge on any atom is -0.463 e. The molecule has 140 valence electrons. The molecule has 0 aromatic heterocycles. The molecule has 0 saturated heterocycles. The van der Waals surface area contributed by atoms with Crippen molar-refractivity contribution in [2.75, 3.05) is 13.2 Å². The number of hydrogen-bond acceptors (Lipinski definition) is 4. The lowest BCUT2D eigenvalue weighted by Crippen LogP contribution is -2.48. The van der Waals surface area contributed by atoms with Gasteiger partial charge in [-0.15, -0.1) is 0 Å². The molecule has 0 saturated carbocycles. The molecule has 27 heavy (non-hydrogen) atoms. The van der Waals surface area contributed by atoms with Crippen LogP contribution in [0.25, 0.3) is 0 Å². The molecule has 3 rings (SSSR count). The summed E-state index contributed by atoms with van der Waals surface area (Å²) in [5.41, 5.74) is 2.90. The number of benzene rings is 2. The molecule has 1 heterocycles. The van der Waals surface area contributed by atoms with Gasteiger partial charge in [-0.3, -0.25) is 0 Å². The maximum Gasteiger partial charge on any atom is 0.338 e. The van der Waals surface area contributed by atoms with Crippen molar-refractivity contribution in [1.29, 1.82) is 0 Å². The van der Waals surface area contributed by atoms with E-state index in [-0.39, 0.29) is 12.6 Å². The minimum atomic E-state index is -0.549. The summed E-state index contributed by atoms with van der Waals surface area (Å²) in [6.45, 7) is 3.00. The molecule has 0 spiro atoms. The van der Waals surface area contributed by atoms with Gasteiger partial charge in [0.15, 0.2) is 0 Å². The van der Waals surface area contributed by atoms with Crippen molar-refractivity contribution in [3.05, 3.63) is 83.1 Å². The summed E-state index contributed by atoms with van der Waals surface area (Å²) in [7, 11) is 0. The van der Waals surface area contributed by atoms with E-state index in [4.69, 9.17) is 4.74 Å². The molecule has 0 bridgehead atoms. The molecule has 0 fully saturated rings. The molecule has 3 N–H and O–H groups in total. The second-order valence-corrected chi connectivity index (χ2v) is 6.14. The van der Waals surface area contributed by atoms with Gasteiger partial charge in [-0.05, 0) is 18.1 Å². The highest BCUT2D eigenvalue weighted by Gasteiger charge is 2.33. The number of esters is 1. The van der Waals surface area contributed by atoms with E-state index in [2.05, 4.69) is 16.0 Å². The first kappa shape index (κ1) is 18.7. The fourth-order valence-electron chi connectivity index (χ4n) is 3.03. The molecular formula is C21H23N3O3. The Bertz CT molecular complexity index is 819. The fourth-order valence-corrected chi connectivity index (χ4v) is 3.03. The molecule has 0 aliphatic carbocycles. The van der Waals surface area contributed by atoms with E-state index in [1.807, 2.05) is 60.7 Å². The van der Waals surface area contributed by atoms with Crippen molar-refractivity contribution in [3.8, 4) is 0 Å². The number of ether oxygens (including phenoxy) is 1. The summed E-state index contributed by atoms with van der Waals surface area (Å²) in [4.78, 5) is 24.8. The van der Waals surface area contributed by atoms with Crippen LogP contribution in [0.15, 0.2) is 71.9 Å². The maximum atomic E-state index is 12.6. The van der Waals surface area contributed by atoms with Crippen LogP contribution in [-0.2, 0) is 16.1 Å². The van der Waals surface area contributed by atoms with Crippen LogP contribution in [0, 0.1) is 0 Å². The number of carbonyl (C=O) groups is 2. The van der Waals surface area contributed by atoms with Crippen molar-refractivity contribution in [2.45, 2.75) is 19.5 Å². The van der Waals surface area contributed by atoms with E-state index in [1.54, 1.807) is 6.92 Å². The first-order valence-electron chi connectivity index (χ1n) is 8.96. The molecule has 2 aromatic rings. The second-order valence-electron chi connectivity index (χ2n) is 6.14. The van der Waals surface area contributed by atoms with Gasteiger partial charge in [0.25, 0.3) is 0 Å². The van der Waals surface area contributed by atoms with Gasteiger partial charge in [0.1, 0.15) is 0 Å². The Morgan fingerprint density at radius 3 is 2.37 bits per heavy atom. The normalized spacial score (nSPS) is 16.5. The highest BCUT2D eigenvalue weighted by Crippen LogP contribution is 2.27. The quantitative estimate of drug-likeness (QED) is 0.659. The van der Waals surface area contributed by atoms with Crippen LogP contribution in [0.4, 0.5) is 4.79 Å². The molecule has 2 aromatic carbocycles. The third kappa shape index (κ3) is 4.74. The lowest BCUT2D eigenvalue weighted by molar-refractivity contribution is -0.139. The Morgan fingerprint density at radius 1 is 1.04 bits per heavy atom. The van der Waals surface area contributed by atoms with Gasteiger partial charge in [0, 0.05) is 18.8 Å². The Labute approximate surface area is 158 Å². The number of amides is 2. The molecule has 0 unspecified atom stereocenters. The molecule has 6 nitrogen and oxygen atoms in total. The Hall–Kier alpha value is -3.12. The van der Waals surface area contributed by atoms with Crippen LogP contribution >= 0.6 is 0 Å². The van der Waals surface area contributed by atoms with Crippen LogP contribution in [0.1, 0.15) is 24.1 Å². The molecule has 2 amide bonds. The van der Waals surface area contributed by atoms with Gasteiger partial charge >= 0.3 is 12.0 Å². The topological polar surface area (TPSA) is 79.5 Å². The van der Waals surface area contributed by atoms with Crippen LogP contribution in [0.3, 0.4) is 0 Å². The zero-order valence-corrected chi connectivity index (χ0v) is 15.2. The van der Waals surface area contributed by atoms with E-state index in [9.17, 15) is 9.59 Å². The molecular weight excluding hydrogens is 342 g/mol. The Balaban J connectivity index is 1.86. The number of nitrogens with one attached hydrogen (secondary N) is 3. The third-order valence-electron chi connectivity index (χ3n) is 4.26. The van der Waals surface area contributed by atoms with E-state index in [1.165, 1.54) is 0 Å². The van der Waals surface area contributed by atoms with Gasteiger partial charge in [-0.1, -0.05) is 60.7 Å². The number of hydrogen-bond donors (Lipinski definition) is 3. The summed E-state index contributed by atoms with van der Waals surface area (Å²) in [6, 6.07) is 18.4. The zero-order valence-electron chi connectivity index (χ0n) is 15.2. The summed E-state index contributed by atoms with van der Waals surface area (Å²) >= 11 is 0. The van der Waals surface area contributed by atoms with Crippen molar-refractivity contribution in [3.63, 3.8) is 0 Å². The summed E-state index contributed by atoms with van der Waals surface area (Å²) in [5.74, 6) is -0.435. The Kier molecular flexibility index (Phi) is 6.22. The van der Waals surface area contributed by atoms with E-state index in [0.29, 0.717) is 24.4 Å². The molecule has 1 atom stereocenters.